The van der Waals surface area contributed by atoms with Crippen LogP contribution < -0.4 is 5.56 Å². The Kier molecular flexibility index (Phi) is 1.91. The summed E-state index contributed by atoms with van der Waals surface area (Å²) in [7, 11) is 0. The van der Waals surface area contributed by atoms with Gasteiger partial charge in [-0.25, -0.2) is 0 Å². The van der Waals surface area contributed by atoms with Crippen LogP contribution in [0.3, 0.4) is 0 Å². The summed E-state index contributed by atoms with van der Waals surface area (Å²) < 4.78 is 0. The van der Waals surface area contributed by atoms with Gasteiger partial charge in [-0.05, 0) is 5.39 Å². The summed E-state index contributed by atoms with van der Waals surface area (Å²) in [6.07, 6.45) is 3.42. The molecule has 92 valence electrons. The Balaban J connectivity index is 2.09. The first-order chi connectivity index (χ1) is 9.33. The van der Waals surface area contributed by atoms with Gasteiger partial charge in [-0.15, -0.1) is 9.89 Å². The third-order valence-corrected chi connectivity index (χ3v) is 3.23. The fourth-order valence-corrected chi connectivity index (χ4v) is 2.32. The monoisotopic (exact) mass is 250 g/mol. The first-order valence-corrected chi connectivity index (χ1v) is 5.97. The smallest absolute Gasteiger partial charge is 0.282 e. The Hall–Kier alpha value is -2.82. The molecule has 5 nitrogen and oxygen atoms in total. The maximum atomic E-state index is 11.6. The molecule has 19 heavy (non-hydrogen) atoms. The van der Waals surface area contributed by atoms with E-state index in [4.69, 9.17) is 0 Å². The van der Waals surface area contributed by atoms with Gasteiger partial charge in [0.1, 0.15) is 5.52 Å². The van der Waals surface area contributed by atoms with Gasteiger partial charge in [-0.2, -0.15) is 4.79 Å². The molecular formula is C14H10N4O. The number of hydrogen-bond donors (Lipinski definition) is 1. The number of rotatable bonds is 1. The molecule has 4 rings (SSSR count). The predicted molar refractivity (Wildman–Crippen MR) is 73.1 cm³/mol. The second-order valence-corrected chi connectivity index (χ2v) is 4.39. The minimum atomic E-state index is -0.142. The second kappa shape index (κ2) is 3.58. The van der Waals surface area contributed by atoms with Crippen molar-refractivity contribution >= 4 is 21.7 Å². The maximum absolute atomic E-state index is 11.6. The molecule has 0 radical (unpaired) electrons. The molecule has 0 aliphatic carbocycles. The normalized spacial score (nSPS) is 11.4. The van der Waals surface area contributed by atoms with E-state index in [-0.39, 0.29) is 5.56 Å². The number of aromatic nitrogens is 4. The van der Waals surface area contributed by atoms with E-state index in [1.807, 2.05) is 30.5 Å². The third-order valence-electron chi connectivity index (χ3n) is 3.23. The SMILES string of the molecule is O=c1cc[nH]n1-n1cc2ccc3ccccc3c2n1. The van der Waals surface area contributed by atoms with Crippen molar-refractivity contribution in [1.82, 2.24) is 19.8 Å². The standard InChI is InChI=1S/C14H10N4O/c19-13-7-8-15-18(13)17-9-11-6-5-10-3-1-2-4-12(10)14(11)16-17/h1-9,15H. The molecule has 0 aliphatic rings. The summed E-state index contributed by atoms with van der Waals surface area (Å²) >= 11 is 0. The van der Waals surface area contributed by atoms with Crippen LogP contribution in [0.4, 0.5) is 0 Å². The molecule has 0 fully saturated rings. The second-order valence-electron chi connectivity index (χ2n) is 4.39. The van der Waals surface area contributed by atoms with Crippen LogP contribution in [-0.2, 0) is 0 Å². The van der Waals surface area contributed by atoms with Crippen molar-refractivity contribution in [2.75, 3.05) is 0 Å². The van der Waals surface area contributed by atoms with Crippen molar-refractivity contribution in [3.05, 3.63) is 65.2 Å². The highest BCUT2D eigenvalue weighted by Crippen LogP contribution is 2.23. The highest BCUT2D eigenvalue weighted by molar-refractivity contribution is 6.04. The average molecular weight is 250 g/mol. The number of benzene rings is 2. The lowest BCUT2D eigenvalue weighted by molar-refractivity contribution is 0.497. The number of H-pyrrole nitrogens is 1. The molecular weight excluding hydrogens is 240 g/mol. The van der Waals surface area contributed by atoms with Gasteiger partial charge in [0, 0.05) is 23.0 Å². The largest absolute Gasteiger partial charge is 0.287 e. The van der Waals surface area contributed by atoms with Crippen molar-refractivity contribution < 1.29 is 0 Å². The van der Waals surface area contributed by atoms with Crippen molar-refractivity contribution in [3.8, 4) is 0 Å². The van der Waals surface area contributed by atoms with E-state index in [2.05, 4.69) is 22.3 Å². The average Bonchev–Trinajstić information content (AvgIpc) is 3.04. The van der Waals surface area contributed by atoms with E-state index >= 15 is 0 Å². The number of nitrogens with zero attached hydrogens (tertiary/aromatic N) is 3. The van der Waals surface area contributed by atoms with Crippen molar-refractivity contribution in [3.63, 3.8) is 0 Å². The number of hydrogen-bond acceptors (Lipinski definition) is 2. The summed E-state index contributed by atoms with van der Waals surface area (Å²) in [6.45, 7) is 0. The quantitative estimate of drug-likeness (QED) is 0.561. The van der Waals surface area contributed by atoms with Crippen LogP contribution in [0.2, 0.25) is 0 Å². The summed E-state index contributed by atoms with van der Waals surface area (Å²) in [4.78, 5) is 14.5. The van der Waals surface area contributed by atoms with Crippen LogP contribution in [-0.4, -0.2) is 19.8 Å². The Labute approximate surface area is 107 Å². The molecule has 0 aliphatic heterocycles. The van der Waals surface area contributed by atoms with Crippen LogP contribution in [0.5, 0.6) is 0 Å². The lowest BCUT2D eigenvalue weighted by atomic mass is 10.1. The fraction of sp³-hybridized carbons (Fsp3) is 0. The number of nitrogens with one attached hydrogen (secondary N) is 1. The Bertz CT molecular complexity index is 945. The van der Waals surface area contributed by atoms with Crippen molar-refractivity contribution in [2.24, 2.45) is 0 Å². The number of fused-ring (bicyclic) bond motifs is 3. The highest BCUT2D eigenvalue weighted by atomic mass is 16.1. The summed E-state index contributed by atoms with van der Waals surface area (Å²) in [5.74, 6) is 0. The summed E-state index contributed by atoms with van der Waals surface area (Å²) in [5.41, 5.74) is 0.747. The zero-order valence-electron chi connectivity index (χ0n) is 9.95. The Morgan fingerprint density at radius 3 is 2.68 bits per heavy atom. The van der Waals surface area contributed by atoms with E-state index < -0.39 is 0 Å². The van der Waals surface area contributed by atoms with Crippen LogP contribution in [0, 0.1) is 0 Å². The molecule has 0 spiro atoms. The highest BCUT2D eigenvalue weighted by Gasteiger charge is 2.07. The summed E-state index contributed by atoms with van der Waals surface area (Å²) in [6, 6.07) is 13.6. The first-order valence-electron chi connectivity index (χ1n) is 5.97. The van der Waals surface area contributed by atoms with Gasteiger partial charge in [0.25, 0.3) is 5.56 Å². The lowest BCUT2D eigenvalue weighted by Gasteiger charge is -1.98. The zero-order valence-corrected chi connectivity index (χ0v) is 9.95. The van der Waals surface area contributed by atoms with Gasteiger partial charge in [-0.3, -0.25) is 9.89 Å². The van der Waals surface area contributed by atoms with E-state index in [1.54, 1.807) is 6.20 Å². The Morgan fingerprint density at radius 2 is 1.84 bits per heavy atom. The van der Waals surface area contributed by atoms with Gasteiger partial charge in [0.2, 0.25) is 0 Å². The maximum Gasteiger partial charge on any atom is 0.287 e. The first kappa shape index (κ1) is 10.1. The minimum absolute atomic E-state index is 0.142. The molecule has 1 N–H and O–H groups in total. The zero-order chi connectivity index (χ0) is 12.8. The molecule has 0 saturated heterocycles. The van der Waals surface area contributed by atoms with E-state index in [1.165, 1.54) is 15.6 Å². The molecule has 0 amide bonds. The van der Waals surface area contributed by atoms with Gasteiger partial charge in [-0.1, -0.05) is 36.4 Å². The van der Waals surface area contributed by atoms with Crippen molar-refractivity contribution in [1.29, 1.82) is 0 Å². The molecule has 0 saturated carbocycles. The van der Waals surface area contributed by atoms with Crippen LogP contribution >= 0.6 is 0 Å². The van der Waals surface area contributed by atoms with Crippen LogP contribution in [0.1, 0.15) is 0 Å². The van der Waals surface area contributed by atoms with Gasteiger partial charge < -0.3 is 0 Å². The van der Waals surface area contributed by atoms with Crippen molar-refractivity contribution in [2.45, 2.75) is 0 Å². The van der Waals surface area contributed by atoms with Gasteiger partial charge in [0.15, 0.2) is 0 Å². The molecule has 0 atom stereocenters. The third kappa shape index (κ3) is 1.41. The minimum Gasteiger partial charge on any atom is -0.282 e. The topological polar surface area (TPSA) is 55.6 Å². The van der Waals surface area contributed by atoms with E-state index in [0.29, 0.717) is 0 Å². The fourth-order valence-electron chi connectivity index (χ4n) is 2.32. The Morgan fingerprint density at radius 1 is 1.00 bits per heavy atom. The lowest BCUT2D eigenvalue weighted by Crippen LogP contribution is -2.23. The molecule has 2 heterocycles. The molecule has 5 heteroatoms. The van der Waals surface area contributed by atoms with E-state index in [0.717, 1.165) is 21.7 Å². The van der Waals surface area contributed by atoms with Crippen LogP contribution in [0.15, 0.2) is 59.7 Å². The molecule has 2 aromatic carbocycles. The van der Waals surface area contributed by atoms with Gasteiger partial charge >= 0.3 is 0 Å². The number of aromatic amines is 1. The molecule has 4 aromatic rings. The molecule has 0 bridgehead atoms. The van der Waals surface area contributed by atoms with E-state index in [9.17, 15) is 4.79 Å². The van der Waals surface area contributed by atoms with Gasteiger partial charge in [0.05, 0.1) is 6.20 Å². The summed E-state index contributed by atoms with van der Waals surface area (Å²) in [5, 5.41) is 10.5. The molecule has 2 aromatic heterocycles. The molecule has 0 unspecified atom stereocenters. The predicted octanol–water partition coefficient (Wildman–Crippen LogP) is 1.99. The van der Waals surface area contributed by atoms with Crippen LogP contribution in [0.25, 0.3) is 21.7 Å².